The average Bonchev–Trinajstić information content (AvgIpc) is 3.02. The third-order valence-electron chi connectivity index (χ3n) is 6.29. The van der Waals surface area contributed by atoms with Crippen molar-refractivity contribution in [3.05, 3.63) is 59.2 Å². The van der Waals surface area contributed by atoms with Crippen molar-refractivity contribution in [2.45, 2.75) is 45.2 Å². The van der Waals surface area contributed by atoms with Crippen LogP contribution in [0.25, 0.3) is 11.1 Å². The van der Waals surface area contributed by atoms with E-state index in [0.717, 1.165) is 40.8 Å². The van der Waals surface area contributed by atoms with Crippen LogP contribution in [0.15, 0.2) is 42.5 Å². The first-order valence-corrected chi connectivity index (χ1v) is 10.3. The maximum Gasteiger partial charge on any atom is 0.254 e. The van der Waals surface area contributed by atoms with E-state index in [9.17, 15) is 9.59 Å². The van der Waals surface area contributed by atoms with E-state index in [4.69, 9.17) is 5.41 Å². The molecule has 5 nitrogen and oxygen atoms in total. The predicted molar refractivity (Wildman–Crippen MR) is 114 cm³/mol. The molecule has 29 heavy (non-hydrogen) atoms. The molecule has 2 amide bonds. The molecule has 1 aliphatic heterocycles. The van der Waals surface area contributed by atoms with Crippen LogP contribution in [0.2, 0.25) is 0 Å². The first-order valence-electron chi connectivity index (χ1n) is 10.3. The molecule has 1 atom stereocenters. The van der Waals surface area contributed by atoms with Crippen molar-refractivity contribution in [1.82, 2.24) is 10.2 Å². The Labute approximate surface area is 171 Å². The van der Waals surface area contributed by atoms with E-state index in [-0.39, 0.29) is 17.9 Å². The second-order valence-corrected chi connectivity index (χ2v) is 8.17. The summed E-state index contributed by atoms with van der Waals surface area (Å²) < 4.78 is 0. The minimum absolute atomic E-state index is 0.0401. The van der Waals surface area contributed by atoms with Crippen molar-refractivity contribution in [3.63, 3.8) is 0 Å². The van der Waals surface area contributed by atoms with E-state index in [2.05, 4.69) is 18.3 Å². The Morgan fingerprint density at radius 1 is 1.17 bits per heavy atom. The van der Waals surface area contributed by atoms with Gasteiger partial charge in [0.25, 0.3) is 11.8 Å². The van der Waals surface area contributed by atoms with Gasteiger partial charge in [-0.2, -0.15) is 0 Å². The zero-order valence-electron chi connectivity index (χ0n) is 17.0. The molecule has 1 heterocycles. The van der Waals surface area contributed by atoms with Crippen LogP contribution in [-0.2, 0) is 6.54 Å². The Kier molecular flexibility index (Phi) is 5.22. The molecule has 2 aromatic carbocycles. The van der Waals surface area contributed by atoms with Gasteiger partial charge in [-0.25, -0.2) is 0 Å². The molecule has 2 N–H and O–H groups in total. The van der Waals surface area contributed by atoms with Crippen molar-refractivity contribution in [3.8, 4) is 11.1 Å². The standard InChI is InChI=1S/C24H27N3O2/c1-15(12-22(25)17-4-3-5-17)27-14-20-13-19(10-11-21(20)24(27)29)16-6-8-18(9-7-16)23(28)26-2/h6-11,13,15,17,25H,3-5,12,14H2,1-2H3,(H,26,28)/t15-/m1/s1. The highest BCUT2D eigenvalue weighted by atomic mass is 16.2. The summed E-state index contributed by atoms with van der Waals surface area (Å²) in [6.45, 7) is 2.65. The summed E-state index contributed by atoms with van der Waals surface area (Å²) in [5.74, 6) is 0.394. The molecule has 1 aliphatic carbocycles. The van der Waals surface area contributed by atoms with Gasteiger partial charge in [-0.3, -0.25) is 9.59 Å². The third-order valence-corrected chi connectivity index (χ3v) is 6.29. The van der Waals surface area contributed by atoms with Gasteiger partial charge in [0.15, 0.2) is 0 Å². The zero-order chi connectivity index (χ0) is 20.5. The molecule has 5 heteroatoms. The molecule has 0 saturated heterocycles. The van der Waals surface area contributed by atoms with E-state index in [1.165, 1.54) is 6.42 Å². The van der Waals surface area contributed by atoms with Crippen LogP contribution in [0, 0.1) is 11.3 Å². The Balaban J connectivity index is 1.49. The fourth-order valence-corrected chi connectivity index (χ4v) is 4.19. The van der Waals surface area contributed by atoms with Gasteiger partial charge in [0.1, 0.15) is 0 Å². The lowest BCUT2D eigenvalue weighted by Crippen LogP contribution is -2.36. The molecule has 150 valence electrons. The Hall–Kier alpha value is -2.95. The van der Waals surface area contributed by atoms with E-state index in [0.29, 0.717) is 24.4 Å². The fourth-order valence-electron chi connectivity index (χ4n) is 4.19. The number of benzene rings is 2. The number of carbonyl (C=O) groups is 2. The third kappa shape index (κ3) is 3.69. The summed E-state index contributed by atoms with van der Waals surface area (Å²) >= 11 is 0. The average molecular weight is 389 g/mol. The van der Waals surface area contributed by atoms with Crippen LogP contribution in [-0.4, -0.2) is 35.5 Å². The SMILES string of the molecule is CNC(=O)c1ccc(-c2ccc3c(c2)CN([C@H](C)CC(=N)C2CCC2)C3=O)cc1. The maximum atomic E-state index is 12.9. The maximum absolute atomic E-state index is 12.9. The first kappa shape index (κ1) is 19.4. The molecule has 1 saturated carbocycles. The van der Waals surface area contributed by atoms with Gasteiger partial charge in [0.2, 0.25) is 0 Å². The van der Waals surface area contributed by atoms with Gasteiger partial charge in [-0.1, -0.05) is 24.6 Å². The Morgan fingerprint density at radius 3 is 2.48 bits per heavy atom. The number of rotatable bonds is 6. The number of carbonyl (C=O) groups excluding carboxylic acids is 2. The number of nitrogens with one attached hydrogen (secondary N) is 2. The molecular weight excluding hydrogens is 362 g/mol. The van der Waals surface area contributed by atoms with Crippen molar-refractivity contribution in [1.29, 1.82) is 5.41 Å². The molecule has 1 fully saturated rings. The van der Waals surface area contributed by atoms with Gasteiger partial charge in [0.05, 0.1) is 0 Å². The monoisotopic (exact) mass is 389 g/mol. The van der Waals surface area contributed by atoms with Gasteiger partial charge < -0.3 is 15.6 Å². The highest BCUT2D eigenvalue weighted by molar-refractivity contribution is 5.99. The van der Waals surface area contributed by atoms with Crippen LogP contribution < -0.4 is 5.32 Å². The highest BCUT2D eigenvalue weighted by Gasteiger charge is 2.32. The number of hydrogen-bond acceptors (Lipinski definition) is 3. The van der Waals surface area contributed by atoms with Crippen LogP contribution in [0.3, 0.4) is 0 Å². The first-order chi connectivity index (χ1) is 14.0. The van der Waals surface area contributed by atoms with Gasteiger partial charge >= 0.3 is 0 Å². The summed E-state index contributed by atoms with van der Waals surface area (Å²) in [6, 6.07) is 13.5. The van der Waals surface area contributed by atoms with Crippen molar-refractivity contribution < 1.29 is 9.59 Å². The van der Waals surface area contributed by atoms with Crippen molar-refractivity contribution in [2.75, 3.05) is 7.05 Å². The molecule has 2 aromatic rings. The summed E-state index contributed by atoms with van der Waals surface area (Å²) in [5.41, 5.74) is 5.27. The number of hydrogen-bond donors (Lipinski definition) is 2. The molecular formula is C24H27N3O2. The van der Waals surface area contributed by atoms with E-state index in [1.807, 2.05) is 41.3 Å². The number of fused-ring (bicyclic) bond motifs is 1. The van der Waals surface area contributed by atoms with Crippen LogP contribution in [0.5, 0.6) is 0 Å². The fraction of sp³-hybridized carbons (Fsp3) is 0.375. The number of amides is 2. The summed E-state index contributed by atoms with van der Waals surface area (Å²) in [5, 5.41) is 10.9. The lowest BCUT2D eigenvalue weighted by atomic mass is 9.80. The lowest BCUT2D eigenvalue weighted by Gasteiger charge is -2.30. The van der Waals surface area contributed by atoms with Gasteiger partial charge in [0, 0.05) is 42.9 Å². The normalized spacial score (nSPS) is 16.9. The van der Waals surface area contributed by atoms with Gasteiger partial charge in [-0.05, 0) is 66.6 Å². The lowest BCUT2D eigenvalue weighted by molar-refractivity contribution is 0.0720. The Bertz CT molecular complexity index is 961. The largest absolute Gasteiger partial charge is 0.355 e. The van der Waals surface area contributed by atoms with Crippen LogP contribution in [0.4, 0.5) is 0 Å². The summed E-state index contributed by atoms with van der Waals surface area (Å²) in [6.07, 6.45) is 4.14. The minimum atomic E-state index is -0.104. The van der Waals surface area contributed by atoms with Crippen molar-refractivity contribution in [2.24, 2.45) is 5.92 Å². The second-order valence-electron chi connectivity index (χ2n) is 8.17. The summed E-state index contributed by atoms with van der Waals surface area (Å²) in [7, 11) is 1.62. The smallest absolute Gasteiger partial charge is 0.254 e. The van der Waals surface area contributed by atoms with Crippen molar-refractivity contribution >= 4 is 17.5 Å². The topological polar surface area (TPSA) is 73.3 Å². The predicted octanol–water partition coefficient (Wildman–Crippen LogP) is 4.27. The van der Waals surface area contributed by atoms with E-state index in [1.54, 1.807) is 7.05 Å². The molecule has 0 bridgehead atoms. The van der Waals surface area contributed by atoms with Crippen LogP contribution >= 0.6 is 0 Å². The molecule has 0 aromatic heterocycles. The molecule has 0 radical (unpaired) electrons. The van der Waals surface area contributed by atoms with Crippen LogP contribution in [0.1, 0.15) is 58.9 Å². The minimum Gasteiger partial charge on any atom is -0.355 e. The molecule has 0 unspecified atom stereocenters. The zero-order valence-corrected chi connectivity index (χ0v) is 17.0. The van der Waals surface area contributed by atoms with Gasteiger partial charge in [-0.15, -0.1) is 0 Å². The highest BCUT2D eigenvalue weighted by Crippen LogP contribution is 2.32. The van der Waals surface area contributed by atoms with E-state index < -0.39 is 0 Å². The number of nitrogens with zero attached hydrogens (tertiary/aromatic N) is 1. The molecule has 2 aliphatic rings. The van der Waals surface area contributed by atoms with E-state index >= 15 is 0 Å². The summed E-state index contributed by atoms with van der Waals surface area (Å²) in [4.78, 5) is 26.5. The quantitative estimate of drug-likeness (QED) is 0.724. The Morgan fingerprint density at radius 2 is 1.86 bits per heavy atom. The molecule has 0 spiro atoms. The molecule has 4 rings (SSSR count). The second kappa shape index (κ2) is 7.82.